The van der Waals surface area contributed by atoms with E-state index in [-0.39, 0.29) is 6.10 Å². The van der Waals surface area contributed by atoms with Crippen LogP contribution in [0.3, 0.4) is 0 Å². The van der Waals surface area contributed by atoms with E-state index in [1.54, 1.807) is 0 Å². The summed E-state index contributed by atoms with van der Waals surface area (Å²) in [6.45, 7) is 6.47. The number of nitrogens with one attached hydrogen (secondary N) is 1. The molecule has 2 atom stereocenters. The van der Waals surface area contributed by atoms with Crippen molar-refractivity contribution in [3.63, 3.8) is 0 Å². The van der Waals surface area contributed by atoms with Crippen LogP contribution in [-0.2, 0) is 4.74 Å². The first-order valence-corrected chi connectivity index (χ1v) is 5.25. The number of likely N-dealkylation sites (N-methyl/N-ethyl adjacent to an activating group) is 1. The van der Waals surface area contributed by atoms with Crippen molar-refractivity contribution < 1.29 is 9.84 Å². The molecular formula is C10H21NO2. The van der Waals surface area contributed by atoms with Crippen molar-refractivity contribution in [2.45, 2.75) is 44.8 Å². The minimum absolute atomic E-state index is 0.248. The molecular weight excluding hydrogens is 166 g/mol. The molecule has 2 N–H and O–H groups in total. The molecule has 0 aliphatic carbocycles. The Kier molecular flexibility index (Phi) is 4.16. The van der Waals surface area contributed by atoms with E-state index in [0.29, 0.717) is 13.2 Å². The minimum Gasteiger partial charge on any atom is -0.388 e. The summed E-state index contributed by atoms with van der Waals surface area (Å²) in [5.74, 6) is 0. The Hall–Kier alpha value is -0.120. The van der Waals surface area contributed by atoms with Gasteiger partial charge in [-0.15, -0.1) is 0 Å². The molecule has 0 aromatic carbocycles. The fraction of sp³-hybridized carbons (Fsp3) is 1.00. The lowest BCUT2D eigenvalue weighted by Gasteiger charge is -2.36. The molecule has 0 aromatic rings. The van der Waals surface area contributed by atoms with Crippen molar-refractivity contribution in [3.8, 4) is 0 Å². The van der Waals surface area contributed by atoms with Gasteiger partial charge in [0.25, 0.3) is 0 Å². The minimum atomic E-state index is -0.533. The summed E-state index contributed by atoms with van der Waals surface area (Å²) >= 11 is 0. The van der Waals surface area contributed by atoms with Crippen LogP contribution in [0.4, 0.5) is 0 Å². The van der Waals surface area contributed by atoms with Crippen molar-refractivity contribution >= 4 is 0 Å². The maximum atomic E-state index is 10.2. The van der Waals surface area contributed by atoms with Gasteiger partial charge in [-0.1, -0.05) is 13.8 Å². The number of rotatable bonds is 4. The van der Waals surface area contributed by atoms with Crippen LogP contribution in [0.15, 0.2) is 0 Å². The highest BCUT2D eigenvalue weighted by Crippen LogP contribution is 2.25. The highest BCUT2D eigenvalue weighted by Gasteiger charge is 2.33. The lowest BCUT2D eigenvalue weighted by molar-refractivity contribution is -0.102. The summed E-state index contributed by atoms with van der Waals surface area (Å²) in [6, 6.07) is 0. The lowest BCUT2D eigenvalue weighted by atomic mass is 9.89. The first-order chi connectivity index (χ1) is 6.20. The standard InChI is InChI=1S/C10H21NO2/c1-3-9-7-10(12,5-6-13-9)8-11-4-2/h9,11-12H,3-8H2,1-2H3. The number of aliphatic hydroxyl groups is 1. The third-order valence-corrected chi connectivity index (χ3v) is 2.69. The highest BCUT2D eigenvalue weighted by molar-refractivity contribution is 4.87. The van der Waals surface area contributed by atoms with Crippen LogP contribution < -0.4 is 5.32 Å². The van der Waals surface area contributed by atoms with Gasteiger partial charge < -0.3 is 15.2 Å². The van der Waals surface area contributed by atoms with E-state index in [0.717, 1.165) is 25.8 Å². The second kappa shape index (κ2) is 4.94. The SMILES string of the molecule is CCNCC1(O)CCOC(CC)C1. The molecule has 1 saturated heterocycles. The Bertz CT molecular complexity index is 152. The van der Waals surface area contributed by atoms with Crippen molar-refractivity contribution in [3.05, 3.63) is 0 Å². The van der Waals surface area contributed by atoms with Gasteiger partial charge in [-0.05, 0) is 13.0 Å². The van der Waals surface area contributed by atoms with Gasteiger partial charge in [0, 0.05) is 26.0 Å². The molecule has 0 amide bonds. The normalized spacial score (nSPS) is 34.8. The average molecular weight is 187 g/mol. The average Bonchev–Trinajstić information content (AvgIpc) is 2.15. The third kappa shape index (κ3) is 3.25. The monoisotopic (exact) mass is 187 g/mol. The van der Waals surface area contributed by atoms with E-state index in [2.05, 4.69) is 19.2 Å². The first-order valence-electron chi connectivity index (χ1n) is 5.25. The van der Waals surface area contributed by atoms with E-state index >= 15 is 0 Å². The van der Waals surface area contributed by atoms with E-state index in [1.165, 1.54) is 0 Å². The molecule has 13 heavy (non-hydrogen) atoms. The molecule has 3 heteroatoms. The number of hydrogen-bond donors (Lipinski definition) is 2. The first kappa shape index (κ1) is 11.0. The van der Waals surface area contributed by atoms with Gasteiger partial charge >= 0.3 is 0 Å². The molecule has 1 rings (SSSR count). The van der Waals surface area contributed by atoms with Crippen LogP contribution in [-0.4, -0.2) is 36.5 Å². The van der Waals surface area contributed by atoms with Crippen molar-refractivity contribution in [2.75, 3.05) is 19.7 Å². The van der Waals surface area contributed by atoms with Gasteiger partial charge in [-0.2, -0.15) is 0 Å². The summed E-state index contributed by atoms with van der Waals surface area (Å²) in [6.07, 6.45) is 2.78. The van der Waals surface area contributed by atoms with Crippen molar-refractivity contribution in [1.82, 2.24) is 5.32 Å². The van der Waals surface area contributed by atoms with E-state index in [1.807, 2.05) is 0 Å². The van der Waals surface area contributed by atoms with Gasteiger partial charge in [-0.3, -0.25) is 0 Å². The largest absolute Gasteiger partial charge is 0.388 e. The molecule has 1 fully saturated rings. The van der Waals surface area contributed by atoms with Crippen LogP contribution in [0.5, 0.6) is 0 Å². The molecule has 0 aromatic heterocycles. The fourth-order valence-corrected chi connectivity index (χ4v) is 1.78. The van der Waals surface area contributed by atoms with Crippen LogP contribution in [0.25, 0.3) is 0 Å². The maximum Gasteiger partial charge on any atom is 0.0818 e. The molecule has 1 heterocycles. The summed E-state index contributed by atoms with van der Waals surface area (Å²) in [4.78, 5) is 0. The van der Waals surface area contributed by atoms with Gasteiger partial charge in [0.2, 0.25) is 0 Å². The fourth-order valence-electron chi connectivity index (χ4n) is 1.78. The molecule has 2 unspecified atom stereocenters. The highest BCUT2D eigenvalue weighted by atomic mass is 16.5. The molecule has 78 valence electrons. The predicted octanol–water partition coefficient (Wildman–Crippen LogP) is 0.916. The third-order valence-electron chi connectivity index (χ3n) is 2.69. The molecule has 1 aliphatic heterocycles. The summed E-state index contributed by atoms with van der Waals surface area (Å²) in [7, 11) is 0. The van der Waals surface area contributed by atoms with Gasteiger partial charge in [0.1, 0.15) is 0 Å². The van der Waals surface area contributed by atoms with Gasteiger partial charge in [0.15, 0.2) is 0 Å². The zero-order valence-corrected chi connectivity index (χ0v) is 8.68. The quantitative estimate of drug-likeness (QED) is 0.687. The Morgan fingerprint density at radius 1 is 1.54 bits per heavy atom. The van der Waals surface area contributed by atoms with Crippen LogP contribution in [0.1, 0.15) is 33.1 Å². The van der Waals surface area contributed by atoms with E-state index in [4.69, 9.17) is 4.74 Å². The second-order valence-corrected chi connectivity index (χ2v) is 3.86. The molecule has 0 spiro atoms. The van der Waals surface area contributed by atoms with E-state index in [9.17, 15) is 5.11 Å². The smallest absolute Gasteiger partial charge is 0.0818 e. The number of ether oxygens (including phenoxy) is 1. The number of hydrogen-bond acceptors (Lipinski definition) is 3. The molecule has 3 nitrogen and oxygen atoms in total. The summed E-state index contributed by atoms with van der Waals surface area (Å²) in [5, 5.41) is 13.4. The molecule has 1 aliphatic rings. The summed E-state index contributed by atoms with van der Waals surface area (Å²) < 4.78 is 5.51. The second-order valence-electron chi connectivity index (χ2n) is 3.86. The van der Waals surface area contributed by atoms with Crippen LogP contribution >= 0.6 is 0 Å². The topological polar surface area (TPSA) is 41.5 Å². The summed E-state index contributed by atoms with van der Waals surface area (Å²) in [5.41, 5.74) is -0.533. The molecule has 0 bridgehead atoms. The van der Waals surface area contributed by atoms with Crippen LogP contribution in [0.2, 0.25) is 0 Å². The zero-order chi connectivity index (χ0) is 9.73. The van der Waals surface area contributed by atoms with Gasteiger partial charge in [-0.25, -0.2) is 0 Å². The molecule has 0 saturated carbocycles. The Morgan fingerprint density at radius 2 is 2.31 bits per heavy atom. The van der Waals surface area contributed by atoms with Crippen LogP contribution in [0, 0.1) is 0 Å². The zero-order valence-electron chi connectivity index (χ0n) is 8.68. The Labute approximate surface area is 80.5 Å². The van der Waals surface area contributed by atoms with Crippen molar-refractivity contribution in [1.29, 1.82) is 0 Å². The van der Waals surface area contributed by atoms with Crippen molar-refractivity contribution in [2.24, 2.45) is 0 Å². The predicted molar refractivity (Wildman–Crippen MR) is 52.8 cm³/mol. The van der Waals surface area contributed by atoms with E-state index < -0.39 is 5.60 Å². The lowest BCUT2D eigenvalue weighted by Crippen LogP contribution is -2.47. The Balaban J connectivity index is 2.37. The van der Waals surface area contributed by atoms with Gasteiger partial charge in [0.05, 0.1) is 11.7 Å². The molecule has 0 radical (unpaired) electrons. The Morgan fingerprint density at radius 3 is 2.92 bits per heavy atom. The maximum absolute atomic E-state index is 10.2.